The number of carbonyl (C=O) groups excluding carboxylic acids is 1. The first kappa shape index (κ1) is 13.4. The number of thiophene rings is 1. The number of carbonyl (C=O) groups is 1. The van der Waals surface area contributed by atoms with Crippen LogP contribution in [0.15, 0.2) is 36.0 Å². The number of ether oxygens (including phenoxy) is 1. The maximum absolute atomic E-state index is 12.7. The van der Waals surface area contributed by atoms with Crippen molar-refractivity contribution < 1.29 is 14.6 Å². The Balaban J connectivity index is 1.89. The number of hydrogen-bond donors (Lipinski definition) is 1. The molecule has 5 nitrogen and oxygen atoms in total. The highest BCUT2D eigenvalue weighted by atomic mass is 32.1. The van der Waals surface area contributed by atoms with Crippen molar-refractivity contribution in [2.75, 3.05) is 26.4 Å². The molecule has 0 spiro atoms. The topological polar surface area (TPSA) is 54.7 Å². The molecule has 1 fully saturated rings. The van der Waals surface area contributed by atoms with Crippen molar-refractivity contribution in [1.29, 1.82) is 0 Å². The number of hydrogen-bond acceptors (Lipinski definition) is 4. The molecule has 2 aromatic heterocycles. The Hall–Kier alpha value is -1.63. The van der Waals surface area contributed by atoms with Crippen LogP contribution in [0.25, 0.3) is 5.69 Å². The molecular weight excluding hydrogens is 276 g/mol. The number of aliphatic hydroxyl groups is 1. The summed E-state index contributed by atoms with van der Waals surface area (Å²) in [6.45, 7) is 1.36. The van der Waals surface area contributed by atoms with Gasteiger partial charge in [0.2, 0.25) is 0 Å². The van der Waals surface area contributed by atoms with Crippen molar-refractivity contribution in [2.24, 2.45) is 0 Å². The van der Waals surface area contributed by atoms with E-state index in [9.17, 15) is 9.90 Å². The van der Waals surface area contributed by atoms with Crippen molar-refractivity contribution in [3.05, 3.63) is 40.8 Å². The van der Waals surface area contributed by atoms with Crippen molar-refractivity contribution >= 4 is 17.2 Å². The van der Waals surface area contributed by atoms with Gasteiger partial charge in [-0.25, -0.2) is 0 Å². The fourth-order valence-electron chi connectivity index (χ4n) is 2.36. The van der Waals surface area contributed by atoms with Gasteiger partial charge in [0.25, 0.3) is 5.91 Å². The lowest BCUT2D eigenvalue weighted by molar-refractivity contribution is -0.0181. The third kappa shape index (κ3) is 2.37. The van der Waals surface area contributed by atoms with Gasteiger partial charge in [0.15, 0.2) is 0 Å². The van der Waals surface area contributed by atoms with Crippen LogP contribution in [0.1, 0.15) is 9.67 Å². The minimum absolute atomic E-state index is 0.0361. The summed E-state index contributed by atoms with van der Waals surface area (Å²) in [5.41, 5.74) is 0.883. The Morgan fingerprint density at radius 1 is 1.45 bits per heavy atom. The van der Waals surface area contributed by atoms with Gasteiger partial charge >= 0.3 is 0 Å². The Labute approximate surface area is 121 Å². The SMILES string of the molecule is O=C(c1sccc1-n1cccc1)N1CCOCC1CO. The quantitative estimate of drug-likeness (QED) is 0.929. The number of rotatable bonds is 3. The van der Waals surface area contributed by atoms with Gasteiger partial charge in [-0.3, -0.25) is 4.79 Å². The van der Waals surface area contributed by atoms with E-state index >= 15 is 0 Å². The molecule has 1 aliphatic rings. The third-order valence-electron chi connectivity index (χ3n) is 3.42. The molecule has 0 aliphatic carbocycles. The van der Waals surface area contributed by atoms with Gasteiger partial charge in [0.1, 0.15) is 4.88 Å². The summed E-state index contributed by atoms with van der Waals surface area (Å²) in [5, 5.41) is 11.3. The van der Waals surface area contributed by atoms with Crippen LogP contribution in [-0.2, 0) is 4.74 Å². The molecule has 1 amide bonds. The van der Waals surface area contributed by atoms with Crippen LogP contribution in [0.2, 0.25) is 0 Å². The maximum Gasteiger partial charge on any atom is 0.266 e. The molecule has 3 rings (SSSR count). The van der Waals surface area contributed by atoms with Gasteiger partial charge in [0.05, 0.1) is 31.5 Å². The molecule has 1 atom stereocenters. The van der Waals surface area contributed by atoms with Crippen LogP contribution in [-0.4, -0.2) is 52.9 Å². The number of aliphatic hydroxyl groups excluding tert-OH is 1. The summed E-state index contributed by atoms with van der Waals surface area (Å²) in [7, 11) is 0. The normalized spacial score (nSPS) is 19.2. The number of amides is 1. The van der Waals surface area contributed by atoms with E-state index < -0.39 is 0 Å². The molecule has 6 heteroatoms. The van der Waals surface area contributed by atoms with Crippen molar-refractivity contribution in [3.8, 4) is 5.69 Å². The van der Waals surface area contributed by atoms with Crippen molar-refractivity contribution in [1.82, 2.24) is 9.47 Å². The fourth-order valence-corrected chi connectivity index (χ4v) is 3.21. The molecule has 0 bridgehead atoms. The van der Waals surface area contributed by atoms with Gasteiger partial charge in [-0.2, -0.15) is 0 Å². The molecule has 3 heterocycles. The number of nitrogens with zero attached hydrogens (tertiary/aromatic N) is 2. The van der Waals surface area contributed by atoms with Gasteiger partial charge in [-0.1, -0.05) is 0 Å². The zero-order valence-corrected chi connectivity index (χ0v) is 11.8. The minimum Gasteiger partial charge on any atom is -0.394 e. The average Bonchev–Trinajstić information content (AvgIpc) is 3.16. The van der Waals surface area contributed by atoms with E-state index in [1.54, 1.807) is 4.90 Å². The number of morpholine rings is 1. The van der Waals surface area contributed by atoms with E-state index in [-0.39, 0.29) is 18.6 Å². The predicted molar refractivity (Wildman–Crippen MR) is 76.4 cm³/mol. The van der Waals surface area contributed by atoms with Crippen LogP contribution >= 0.6 is 11.3 Å². The van der Waals surface area contributed by atoms with E-state index in [1.807, 2.05) is 40.5 Å². The third-order valence-corrected chi connectivity index (χ3v) is 4.31. The fraction of sp³-hybridized carbons (Fsp3) is 0.357. The summed E-state index contributed by atoms with van der Waals surface area (Å²) in [5.74, 6) is -0.0361. The molecule has 1 N–H and O–H groups in total. The summed E-state index contributed by atoms with van der Waals surface area (Å²) < 4.78 is 7.25. The van der Waals surface area contributed by atoms with Gasteiger partial charge in [0, 0.05) is 18.9 Å². The molecule has 0 radical (unpaired) electrons. The maximum atomic E-state index is 12.7. The first-order valence-electron chi connectivity index (χ1n) is 6.51. The Bertz CT molecular complexity index is 579. The van der Waals surface area contributed by atoms with E-state index in [2.05, 4.69) is 0 Å². The van der Waals surface area contributed by atoms with Crippen molar-refractivity contribution in [3.63, 3.8) is 0 Å². The van der Waals surface area contributed by atoms with E-state index in [1.165, 1.54) is 11.3 Å². The summed E-state index contributed by atoms with van der Waals surface area (Å²) >= 11 is 1.43. The highest BCUT2D eigenvalue weighted by Gasteiger charge is 2.29. The second kappa shape index (κ2) is 5.78. The molecule has 1 saturated heterocycles. The standard InChI is InChI=1S/C14H16N2O3S/c17-9-11-10-19-7-6-16(11)14(18)13-12(3-8-20-13)15-4-1-2-5-15/h1-5,8,11,17H,6-7,9-10H2. The van der Waals surface area contributed by atoms with E-state index in [4.69, 9.17) is 4.74 Å². The monoisotopic (exact) mass is 292 g/mol. The summed E-state index contributed by atoms with van der Waals surface area (Å²) in [6.07, 6.45) is 3.84. The lowest BCUT2D eigenvalue weighted by Gasteiger charge is -2.34. The number of aromatic nitrogens is 1. The molecule has 106 valence electrons. The largest absolute Gasteiger partial charge is 0.394 e. The lowest BCUT2D eigenvalue weighted by Crippen LogP contribution is -2.50. The Morgan fingerprint density at radius 2 is 2.25 bits per heavy atom. The molecule has 0 aromatic carbocycles. The minimum atomic E-state index is -0.254. The van der Waals surface area contributed by atoms with Crippen LogP contribution in [0, 0.1) is 0 Å². The highest BCUT2D eigenvalue weighted by molar-refractivity contribution is 7.12. The zero-order valence-electron chi connectivity index (χ0n) is 10.9. The van der Waals surface area contributed by atoms with Gasteiger partial charge in [-0.15, -0.1) is 11.3 Å². The second-order valence-electron chi connectivity index (χ2n) is 4.64. The molecular formula is C14H16N2O3S. The van der Waals surface area contributed by atoms with Crippen LogP contribution in [0.5, 0.6) is 0 Å². The van der Waals surface area contributed by atoms with E-state index in [0.717, 1.165) is 5.69 Å². The van der Waals surface area contributed by atoms with Gasteiger partial charge in [-0.05, 0) is 23.6 Å². The molecule has 0 saturated carbocycles. The smallest absolute Gasteiger partial charge is 0.266 e. The van der Waals surface area contributed by atoms with Crippen molar-refractivity contribution in [2.45, 2.75) is 6.04 Å². The van der Waals surface area contributed by atoms with Crippen LogP contribution in [0.4, 0.5) is 0 Å². The summed E-state index contributed by atoms with van der Waals surface area (Å²) in [6, 6.07) is 5.54. The van der Waals surface area contributed by atoms with Crippen LogP contribution in [0.3, 0.4) is 0 Å². The Kier molecular flexibility index (Phi) is 3.86. The lowest BCUT2D eigenvalue weighted by atomic mass is 10.2. The van der Waals surface area contributed by atoms with Gasteiger partial charge < -0.3 is 19.3 Å². The molecule has 20 heavy (non-hydrogen) atoms. The average molecular weight is 292 g/mol. The molecule has 2 aromatic rings. The van der Waals surface area contributed by atoms with Crippen LogP contribution < -0.4 is 0 Å². The summed E-state index contributed by atoms with van der Waals surface area (Å²) in [4.78, 5) is 15.1. The first-order valence-corrected chi connectivity index (χ1v) is 7.39. The zero-order chi connectivity index (χ0) is 13.9. The van der Waals surface area contributed by atoms with E-state index in [0.29, 0.717) is 24.6 Å². The first-order chi connectivity index (χ1) is 9.81. The molecule has 1 unspecified atom stereocenters. The predicted octanol–water partition coefficient (Wildman–Crippen LogP) is 1.37. The highest BCUT2D eigenvalue weighted by Crippen LogP contribution is 2.24. The second-order valence-corrected chi connectivity index (χ2v) is 5.55. The molecule has 1 aliphatic heterocycles. The Morgan fingerprint density at radius 3 is 3.00 bits per heavy atom.